The van der Waals surface area contributed by atoms with E-state index < -0.39 is 0 Å². The van der Waals surface area contributed by atoms with Crippen LogP contribution in [0.4, 0.5) is 9.93 Å². The zero-order valence-corrected chi connectivity index (χ0v) is 14.3. The maximum Gasteiger partial charge on any atom is 0.317 e. The van der Waals surface area contributed by atoms with E-state index in [1.807, 2.05) is 29.3 Å². The Morgan fingerprint density at radius 3 is 2.58 bits per heavy atom. The van der Waals surface area contributed by atoms with E-state index in [1.54, 1.807) is 29.7 Å². The number of nitrogens with one attached hydrogen (secondary N) is 1. The summed E-state index contributed by atoms with van der Waals surface area (Å²) in [6.07, 6.45) is 1.80. The summed E-state index contributed by atoms with van der Waals surface area (Å²) in [6.45, 7) is 4.92. The third-order valence-electron chi connectivity index (χ3n) is 4.14. The van der Waals surface area contributed by atoms with Crippen LogP contribution in [0.15, 0.2) is 35.8 Å². The molecule has 1 unspecified atom stereocenters. The molecule has 2 aromatic rings. The molecule has 1 aliphatic rings. The van der Waals surface area contributed by atoms with Gasteiger partial charge in [0.05, 0.1) is 17.7 Å². The number of rotatable bonds is 3. The second-order valence-corrected chi connectivity index (χ2v) is 6.57. The van der Waals surface area contributed by atoms with Crippen LogP contribution < -0.4 is 10.2 Å². The fourth-order valence-corrected chi connectivity index (χ4v) is 3.38. The minimum absolute atomic E-state index is 0.0503. The molecule has 124 valence electrons. The predicted octanol–water partition coefficient (Wildman–Crippen LogP) is 2.61. The van der Waals surface area contributed by atoms with Gasteiger partial charge in [0.2, 0.25) is 0 Å². The number of urea groups is 1. The first-order valence-electron chi connectivity index (χ1n) is 7.87. The molecule has 2 heterocycles. The number of nitriles is 1. The topological polar surface area (TPSA) is 72.3 Å². The molecule has 24 heavy (non-hydrogen) atoms. The van der Waals surface area contributed by atoms with E-state index in [-0.39, 0.29) is 12.1 Å². The lowest BCUT2D eigenvalue weighted by molar-refractivity contribution is 0.191. The first-order valence-corrected chi connectivity index (χ1v) is 8.75. The second kappa shape index (κ2) is 7.32. The molecule has 2 amide bonds. The van der Waals surface area contributed by atoms with Gasteiger partial charge in [-0.3, -0.25) is 0 Å². The normalized spacial score (nSPS) is 15.7. The monoisotopic (exact) mass is 341 g/mol. The number of carbonyl (C=O) groups is 1. The summed E-state index contributed by atoms with van der Waals surface area (Å²) in [5.74, 6) is 0. The van der Waals surface area contributed by atoms with Crippen LogP contribution in [0.3, 0.4) is 0 Å². The van der Waals surface area contributed by atoms with E-state index in [0.29, 0.717) is 18.7 Å². The van der Waals surface area contributed by atoms with E-state index in [0.717, 1.165) is 23.8 Å². The van der Waals surface area contributed by atoms with Crippen LogP contribution in [0.5, 0.6) is 0 Å². The molecule has 0 aliphatic carbocycles. The highest BCUT2D eigenvalue weighted by atomic mass is 32.1. The Hall–Kier alpha value is -2.59. The van der Waals surface area contributed by atoms with E-state index in [2.05, 4.69) is 21.3 Å². The van der Waals surface area contributed by atoms with Crippen molar-refractivity contribution >= 4 is 22.5 Å². The Kier molecular flexibility index (Phi) is 4.96. The molecule has 0 saturated carbocycles. The fraction of sp³-hybridized carbons (Fsp3) is 0.353. The van der Waals surface area contributed by atoms with Gasteiger partial charge < -0.3 is 15.1 Å². The third-order valence-corrected chi connectivity index (χ3v) is 4.97. The van der Waals surface area contributed by atoms with Gasteiger partial charge in [0.1, 0.15) is 0 Å². The first-order chi connectivity index (χ1) is 11.7. The zero-order valence-electron chi connectivity index (χ0n) is 13.5. The number of thiazole rings is 1. The van der Waals surface area contributed by atoms with Crippen molar-refractivity contribution in [2.24, 2.45) is 0 Å². The summed E-state index contributed by atoms with van der Waals surface area (Å²) in [7, 11) is 0. The van der Waals surface area contributed by atoms with Gasteiger partial charge in [0, 0.05) is 37.8 Å². The molecule has 1 aliphatic heterocycles. The van der Waals surface area contributed by atoms with Gasteiger partial charge in [-0.2, -0.15) is 5.26 Å². The molecule has 1 saturated heterocycles. The predicted molar refractivity (Wildman–Crippen MR) is 94.0 cm³/mol. The Morgan fingerprint density at radius 2 is 2.00 bits per heavy atom. The van der Waals surface area contributed by atoms with E-state index in [1.165, 1.54) is 0 Å². The summed E-state index contributed by atoms with van der Waals surface area (Å²) in [4.78, 5) is 20.8. The molecule has 7 heteroatoms. The summed E-state index contributed by atoms with van der Waals surface area (Å²) >= 11 is 1.62. The van der Waals surface area contributed by atoms with Gasteiger partial charge in [0.25, 0.3) is 0 Å². The lowest BCUT2D eigenvalue weighted by Crippen LogP contribution is -2.52. The van der Waals surface area contributed by atoms with Gasteiger partial charge in [0.15, 0.2) is 5.13 Å². The van der Waals surface area contributed by atoms with Crippen molar-refractivity contribution in [1.29, 1.82) is 5.26 Å². The number of piperazine rings is 1. The number of benzene rings is 1. The van der Waals surface area contributed by atoms with E-state index >= 15 is 0 Å². The number of hydrogen-bond acceptors (Lipinski definition) is 5. The Labute approximate surface area is 145 Å². The number of amides is 2. The Morgan fingerprint density at radius 1 is 1.29 bits per heavy atom. The number of aromatic nitrogens is 1. The molecule has 0 bridgehead atoms. The quantitative estimate of drug-likeness (QED) is 0.931. The standard InChI is InChI=1S/C17H19N5OS/c1-13(15-4-2-14(12-18)3-5-15)20-16(23)21-7-9-22(10-8-21)17-19-6-11-24-17/h2-6,11,13H,7-10H2,1H3,(H,20,23). The van der Waals surface area contributed by atoms with Gasteiger partial charge in [-0.15, -0.1) is 11.3 Å². The van der Waals surface area contributed by atoms with Crippen molar-refractivity contribution in [3.8, 4) is 6.07 Å². The molecular formula is C17H19N5OS. The minimum atomic E-state index is -0.0952. The van der Waals surface area contributed by atoms with Crippen LogP contribution in [0.2, 0.25) is 0 Å². The van der Waals surface area contributed by atoms with Crippen LogP contribution in [0.25, 0.3) is 0 Å². The van der Waals surface area contributed by atoms with Crippen LogP contribution in [0, 0.1) is 11.3 Å². The number of nitrogens with zero attached hydrogens (tertiary/aromatic N) is 4. The van der Waals surface area contributed by atoms with Crippen molar-refractivity contribution in [1.82, 2.24) is 15.2 Å². The minimum Gasteiger partial charge on any atom is -0.345 e. The Balaban J connectivity index is 1.52. The molecule has 1 N–H and O–H groups in total. The van der Waals surface area contributed by atoms with Crippen molar-refractivity contribution in [3.63, 3.8) is 0 Å². The first kappa shape index (κ1) is 16.3. The summed E-state index contributed by atoms with van der Waals surface area (Å²) in [6, 6.07) is 9.25. The number of anilines is 1. The van der Waals surface area contributed by atoms with Crippen LogP contribution in [0.1, 0.15) is 24.1 Å². The summed E-state index contributed by atoms with van der Waals surface area (Å²) < 4.78 is 0. The van der Waals surface area contributed by atoms with Crippen molar-refractivity contribution in [2.75, 3.05) is 31.1 Å². The maximum atomic E-state index is 12.4. The molecule has 1 aromatic heterocycles. The van der Waals surface area contributed by atoms with Crippen LogP contribution in [-0.2, 0) is 0 Å². The Bertz CT molecular complexity index is 714. The SMILES string of the molecule is CC(NC(=O)N1CCN(c2nccs2)CC1)c1ccc(C#N)cc1. The maximum absolute atomic E-state index is 12.4. The van der Waals surface area contributed by atoms with Crippen LogP contribution in [-0.4, -0.2) is 42.1 Å². The highest BCUT2D eigenvalue weighted by Gasteiger charge is 2.23. The van der Waals surface area contributed by atoms with Gasteiger partial charge >= 0.3 is 6.03 Å². The number of hydrogen-bond donors (Lipinski definition) is 1. The smallest absolute Gasteiger partial charge is 0.317 e. The largest absolute Gasteiger partial charge is 0.345 e. The van der Waals surface area contributed by atoms with Crippen molar-refractivity contribution in [3.05, 3.63) is 47.0 Å². The van der Waals surface area contributed by atoms with Crippen molar-refractivity contribution < 1.29 is 4.79 Å². The fourth-order valence-electron chi connectivity index (χ4n) is 2.68. The van der Waals surface area contributed by atoms with Gasteiger partial charge in [-0.25, -0.2) is 9.78 Å². The molecule has 3 rings (SSSR count). The van der Waals surface area contributed by atoms with E-state index in [9.17, 15) is 4.79 Å². The molecule has 0 radical (unpaired) electrons. The average Bonchev–Trinajstić information content (AvgIpc) is 3.16. The van der Waals surface area contributed by atoms with Gasteiger partial charge in [-0.1, -0.05) is 12.1 Å². The summed E-state index contributed by atoms with van der Waals surface area (Å²) in [5, 5.41) is 14.8. The molecule has 1 fully saturated rings. The molecule has 1 atom stereocenters. The molecule has 1 aromatic carbocycles. The van der Waals surface area contributed by atoms with Crippen LogP contribution >= 0.6 is 11.3 Å². The lowest BCUT2D eigenvalue weighted by Gasteiger charge is -2.35. The number of carbonyl (C=O) groups excluding carboxylic acids is 1. The highest BCUT2D eigenvalue weighted by Crippen LogP contribution is 2.19. The van der Waals surface area contributed by atoms with Crippen molar-refractivity contribution in [2.45, 2.75) is 13.0 Å². The molecule has 0 spiro atoms. The second-order valence-electron chi connectivity index (χ2n) is 5.69. The zero-order chi connectivity index (χ0) is 16.9. The average molecular weight is 341 g/mol. The van der Waals surface area contributed by atoms with Gasteiger partial charge in [-0.05, 0) is 24.6 Å². The third kappa shape index (κ3) is 3.66. The highest BCUT2D eigenvalue weighted by molar-refractivity contribution is 7.13. The lowest BCUT2D eigenvalue weighted by atomic mass is 10.1. The molecule has 6 nitrogen and oxygen atoms in total. The summed E-state index contributed by atoms with van der Waals surface area (Å²) in [5.41, 5.74) is 1.61. The van der Waals surface area contributed by atoms with E-state index in [4.69, 9.17) is 5.26 Å². The molecular weight excluding hydrogens is 322 g/mol.